The number of ether oxygens (including phenoxy) is 1. The Bertz CT molecular complexity index is 915. The molecule has 0 aromatic heterocycles. The maximum absolute atomic E-state index is 13.1. The molecule has 0 rings (SSSR count). The average molecular weight is 774 g/mol. The number of aliphatic hydroxyl groups excluding tert-OH is 2. The number of hydrogen-bond acceptors (Lipinski definition) is 5. The summed E-state index contributed by atoms with van der Waals surface area (Å²) in [5, 5.41) is 23.6. The minimum absolute atomic E-state index is 0.0754. The summed E-state index contributed by atoms with van der Waals surface area (Å²) in [5.74, 6) is -0.483. The summed E-state index contributed by atoms with van der Waals surface area (Å²) in [5.41, 5.74) is 0. The number of nitrogens with one attached hydrogen (secondary N) is 1. The van der Waals surface area contributed by atoms with Crippen LogP contribution in [0.15, 0.2) is 36.5 Å². The molecular formula is C49H91NO5. The zero-order chi connectivity index (χ0) is 40.3. The van der Waals surface area contributed by atoms with E-state index in [-0.39, 0.29) is 24.9 Å². The lowest BCUT2D eigenvalue weighted by molar-refractivity contribution is -0.151. The maximum Gasteiger partial charge on any atom is 0.306 e. The van der Waals surface area contributed by atoms with Crippen molar-refractivity contribution in [3.63, 3.8) is 0 Å². The van der Waals surface area contributed by atoms with Crippen molar-refractivity contribution < 1.29 is 24.5 Å². The van der Waals surface area contributed by atoms with Crippen LogP contribution in [0.3, 0.4) is 0 Å². The first kappa shape index (κ1) is 53.1. The molecule has 0 saturated heterocycles. The Balaban J connectivity index is 4.50. The van der Waals surface area contributed by atoms with Crippen molar-refractivity contribution in [1.29, 1.82) is 0 Å². The van der Waals surface area contributed by atoms with Crippen molar-refractivity contribution in [3.05, 3.63) is 36.5 Å². The number of amides is 1. The topological polar surface area (TPSA) is 95.9 Å². The van der Waals surface area contributed by atoms with E-state index in [4.69, 9.17) is 4.74 Å². The third-order valence-corrected chi connectivity index (χ3v) is 10.8. The standard InChI is InChI=1S/C49H91NO5/c1-4-7-10-13-16-19-21-23-24-25-27-30-33-36-39-42-49(54)55-45(40-37-34-31-28-18-15-12-9-6-3)43-48(53)50-46(44-51)47(52)41-38-35-32-29-26-22-20-17-14-11-8-5-2/h7,10,13,16,19,21,45-47,51-52H,4-6,8-9,11-12,14-15,17-18,20,22-44H2,1-3H3,(H,50,53)/b10-7+,16-13+,21-19+. The normalized spacial score (nSPS) is 13.6. The second-order valence-electron chi connectivity index (χ2n) is 16.2. The molecule has 3 atom stereocenters. The van der Waals surface area contributed by atoms with Gasteiger partial charge in [0.2, 0.25) is 5.91 Å². The van der Waals surface area contributed by atoms with E-state index in [0.717, 1.165) is 57.8 Å². The van der Waals surface area contributed by atoms with E-state index in [1.54, 1.807) is 0 Å². The number of hydrogen-bond donors (Lipinski definition) is 3. The molecule has 55 heavy (non-hydrogen) atoms. The molecule has 0 aromatic rings. The van der Waals surface area contributed by atoms with E-state index in [0.29, 0.717) is 19.3 Å². The molecule has 0 fully saturated rings. The lowest BCUT2D eigenvalue weighted by atomic mass is 10.0. The molecule has 6 heteroatoms. The molecule has 0 aromatic carbocycles. The molecule has 0 heterocycles. The van der Waals surface area contributed by atoms with Crippen LogP contribution in [-0.4, -0.2) is 46.9 Å². The largest absolute Gasteiger partial charge is 0.462 e. The average Bonchev–Trinajstić information content (AvgIpc) is 3.18. The fourth-order valence-electron chi connectivity index (χ4n) is 7.19. The van der Waals surface area contributed by atoms with Gasteiger partial charge < -0.3 is 20.3 Å². The van der Waals surface area contributed by atoms with E-state index in [1.165, 1.54) is 135 Å². The molecule has 0 saturated carbocycles. The molecule has 0 bridgehead atoms. The smallest absolute Gasteiger partial charge is 0.306 e. The van der Waals surface area contributed by atoms with E-state index >= 15 is 0 Å². The fourth-order valence-corrected chi connectivity index (χ4v) is 7.19. The Hall–Kier alpha value is -1.92. The van der Waals surface area contributed by atoms with Crippen LogP contribution in [-0.2, 0) is 14.3 Å². The first-order valence-corrected chi connectivity index (χ1v) is 23.7. The van der Waals surface area contributed by atoms with Gasteiger partial charge in [0.05, 0.1) is 25.2 Å². The van der Waals surface area contributed by atoms with E-state index in [2.05, 4.69) is 62.5 Å². The Kier molecular flexibility index (Phi) is 41.7. The van der Waals surface area contributed by atoms with Gasteiger partial charge in [-0.25, -0.2) is 0 Å². The van der Waals surface area contributed by atoms with Crippen LogP contribution in [0.5, 0.6) is 0 Å². The van der Waals surface area contributed by atoms with Crippen LogP contribution in [0.25, 0.3) is 0 Å². The summed E-state index contributed by atoms with van der Waals surface area (Å²) < 4.78 is 5.90. The van der Waals surface area contributed by atoms with E-state index < -0.39 is 18.2 Å². The SMILES string of the molecule is CC/C=C/C=C/C=C/CCCCCCCCCC(=O)OC(CCCCCCCCCCC)CC(=O)NC(CO)C(O)CCCCCCCCCCCCCC. The zero-order valence-corrected chi connectivity index (χ0v) is 36.6. The van der Waals surface area contributed by atoms with Crippen molar-refractivity contribution in [3.8, 4) is 0 Å². The van der Waals surface area contributed by atoms with Gasteiger partial charge in [-0.3, -0.25) is 9.59 Å². The van der Waals surface area contributed by atoms with Gasteiger partial charge >= 0.3 is 5.97 Å². The minimum atomic E-state index is -0.785. The maximum atomic E-state index is 13.1. The van der Waals surface area contributed by atoms with Gasteiger partial charge in [-0.05, 0) is 44.9 Å². The van der Waals surface area contributed by atoms with Gasteiger partial charge in [-0.1, -0.05) is 218 Å². The number of carbonyl (C=O) groups is 2. The second kappa shape index (κ2) is 43.2. The predicted octanol–water partition coefficient (Wildman–Crippen LogP) is 13.7. The predicted molar refractivity (Wildman–Crippen MR) is 236 cm³/mol. The van der Waals surface area contributed by atoms with Gasteiger partial charge in [0, 0.05) is 6.42 Å². The monoisotopic (exact) mass is 774 g/mol. The molecular weight excluding hydrogens is 683 g/mol. The lowest BCUT2D eigenvalue weighted by Gasteiger charge is -2.24. The first-order valence-electron chi connectivity index (χ1n) is 23.7. The Morgan fingerprint density at radius 3 is 1.47 bits per heavy atom. The van der Waals surface area contributed by atoms with Crippen LogP contribution in [0.1, 0.15) is 239 Å². The Morgan fingerprint density at radius 2 is 0.982 bits per heavy atom. The molecule has 1 amide bonds. The van der Waals surface area contributed by atoms with Gasteiger partial charge in [0.1, 0.15) is 6.10 Å². The second-order valence-corrected chi connectivity index (χ2v) is 16.2. The van der Waals surface area contributed by atoms with Crippen molar-refractivity contribution in [1.82, 2.24) is 5.32 Å². The molecule has 6 nitrogen and oxygen atoms in total. The van der Waals surface area contributed by atoms with Gasteiger partial charge in [0.15, 0.2) is 0 Å². The zero-order valence-electron chi connectivity index (χ0n) is 36.6. The van der Waals surface area contributed by atoms with Crippen LogP contribution in [0.4, 0.5) is 0 Å². The molecule has 0 radical (unpaired) electrons. The van der Waals surface area contributed by atoms with Gasteiger partial charge in [0.25, 0.3) is 0 Å². The highest BCUT2D eigenvalue weighted by molar-refractivity contribution is 5.77. The summed E-state index contributed by atoms with van der Waals surface area (Å²) >= 11 is 0. The number of carbonyl (C=O) groups excluding carboxylic acids is 2. The summed E-state index contributed by atoms with van der Waals surface area (Å²) in [6, 6.07) is -0.698. The highest BCUT2D eigenvalue weighted by Gasteiger charge is 2.24. The molecule has 0 aliphatic heterocycles. The first-order chi connectivity index (χ1) is 27.0. The highest BCUT2D eigenvalue weighted by Crippen LogP contribution is 2.18. The lowest BCUT2D eigenvalue weighted by Crippen LogP contribution is -2.46. The summed E-state index contributed by atoms with van der Waals surface area (Å²) in [7, 11) is 0. The number of allylic oxidation sites excluding steroid dienone is 6. The molecule has 3 N–H and O–H groups in total. The van der Waals surface area contributed by atoms with Crippen molar-refractivity contribution in [2.75, 3.05) is 6.61 Å². The van der Waals surface area contributed by atoms with Crippen molar-refractivity contribution in [2.24, 2.45) is 0 Å². The quantitative estimate of drug-likeness (QED) is 0.0326. The fraction of sp³-hybridized carbons (Fsp3) is 0.837. The number of aliphatic hydroxyl groups is 2. The summed E-state index contributed by atoms with van der Waals surface area (Å²) in [6.45, 7) is 6.33. The molecule has 0 spiro atoms. The van der Waals surface area contributed by atoms with Crippen molar-refractivity contribution >= 4 is 11.9 Å². The molecule has 0 aliphatic rings. The molecule has 3 unspecified atom stereocenters. The van der Waals surface area contributed by atoms with Gasteiger partial charge in [-0.15, -0.1) is 0 Å². The van der Waals surface area contributed by atoms with Crippen LogP contribution in [0, 0.1) is 0 Å². The van der Waals surface area contributed by atoms with Crippen LogP contribution in [0.2, 0.25) is 0 Å². The Morgan fingerprint density at radius 1 is 0.545 bits per heavy atom. The van der Waals surface area contributed by atoms with Crippen LogP contribution < -0.4 is 5.32 Å². The summed E-state index contributed by atoms with van der Waals surface area (Å²) in [4.78, 5) is 26.0. The number of esters is 1. The highest BCUT2D eigenvalue weighted by atomic mass is 16.5. The number of unbranched alkanes of at least 4 members (excludes halogenated alkanes) is 26. The minimum Gasteiger partial charge on any atom is -0.462 e. The third-order valence-electron chi connectivity index (χ3n) is 10.8. The molecule has 0 aliphatic carbocycles. The van der Waals surface area contributed by atoms with Gasteiger partial charge in [-0.2, -0.15) is 0 Å². The van der Waals surface area contributed by atoms with E-state index in [9.17, 15) is 19.8 Å². The van der Waals surface area contributed by atoms with E-state index in [1.807, 2.05) is 0 Å². The number of rotatable bonds is 42. The third kappa shape index (κ3) is 38.7. The Labute approximate surface area is 341 Å². The van der Waals surface area contributed by atoms with Crippen LogP contribution >= 0.6 is 0 Å². The molecule has 322 valence electrons. The van der Waals surface area contributed by atoms with Crippen molar-refractivity contribution in [2.45, 2.75) is 257 Å². The summed E-state index contributed by atoms with van der Waals surface area (Å²) in [6.07, 6.45) is 49.2.